The van der Waals surface area contributed by atoms with Crippen molar-refractivity contribution in [2.45, 2.75) is 6.04 Å². The first-order valence-electron chi connectivity index (χ1n) is 6.98. The summed E-state index contributed by atoms with van der Waals surface area (Å²) in [6.45, 7) is 0. The average Bonchev–Trinajstić information content (AvgIpc) is 3.11. The van der Waals surface area contributed by atoms with Gasteiger partial charge in [-0.1, -0.05) is 12.1 Å². The van der Waals surface area contributed by atoms with Gasteiger partial charge in [0.05, 0.1) is 23.4 Å². The number of amides is 1. The van der Waals surface area contributed by atoms with E-state index in [2.05, 4.69) is 16.0 Å². The molecule has 0 saturated heterocycles. The third kappa shape index (κ3) is 2.15. The summed E-state index contributed by atoms with van der Waals surface area (Å²) in [7, 11) is 0. The number of aliphatic hydroxyl groups is 1. The number of benzene rings is 2. The number of nitrogens with zero attached hydrogens (tertiary/aromatic N) is 2. The Labute approximate surface area is 130 Å². The number of nitrogens with one attached hydrogen (secondary N) is 1. The number of imidazole rings is 1. The Morgan fingerprint density at radius 1 is 1.22 bits per heavy atom. The first-order chi connectivity index (χ1) is 11.1. The van der Waals surface area contributed by atoms with Crippen molar-refractivity contribution < 1.29 is 14.3 Å². The molecule has 6 heteroatoms. The van der Waals surface area contributed by atoms with Crippen LogP contribution in [0.5, 0.6) is 0 Å². The number of anilines is 1. The fraction of sp³-hybridized carbons (Fsp3) is 0.0588. The molecule has 113 valence electrons. The minimum absolute atomic E-state index is 0.191. The lowest BCUT2D eigenvalue weighted by atomic mass is 10.0. The van der Waals surface area contributed by atoms with Crippen LogP contribution in [-0.2, 0) is 4.79 Å². The van der Waals surface area contributed by atoms with Crippen molar-refractivity contribution in [3.63, 3.8) is 0 Å². The van der Waals surface area contributed by atoms with Crippen molar-refractivity contribution in [3.8, 4) is 0 Å². The summed E-state index contributed by atoms with van der Waals surface area (Å²) >= 11 is 0. The van der Waals surface area contributed by atoms with Crippen molar-refractivity contribution in [2.75, 3.05) is 4.90 Å². The summed E-state index contributed by atoms with van der Waals surface area (Å²) < 4.78 is 13.1. The Kier molecular flexibility index (Phi) is 2.90. The summed E-state index contributed by atoms with van der Waals surface area (Å²) in [6.07, 6.45) is 3.98. The third-order valence-electron chi connectivity index (χ3n) is 3.84. The number of hydrogen-bond donors (Lipinski definition) is 2. The van der Waals surface area contributed by atoms with Gasteiger partial charge in [0.15, 0.2) is 0 Å². The molecule has 1 radical (unpaired) electrons. The number of hydrogen-bond acceptors (Lipinski definition) is 3. The van der Waals surface area contributed by atoms with Gasteiger partial charge in [0, 0.05) is 5.69 Å². The molecular weight excluding hydrogens is 297 g/mol. The van der Waals surface area contributed by atoms with Gasteiger partial charge in [-0.2, -0.15) is 0 Å². The Morgan fingerprint density at radius 3 is 2.78 bits per heavy atom. The number of aromatic amines is 1. The third-order valence-corrected chi connectivity index (χ3v) is 3.84. The van der Waals surface area contributed by atoms with Crippen molar-refractivity contribution >= 4 is 22.6 Å². The normalized spacial score (nSPS) is 17.8. The van der Waals surface area contributed by atoms with Crippen molar-refractivity contribution in [1.82, 2.24) is 9.97 Å². The summed E-state index contributed by atoms with van der Waals surface area (Å²) in [5.41, 5.74) is 2.74. The molecule has 1 atom stereocenters. The highest BCUT2D eigenvalue weighted by Gasteiger charge is 2.36. The molecule has 0 fully saturated rings. The molecule has 1 aliphatic rings. The second-order valence-electron chi connectivity index (χ2n) is 5.24. The van der Waals surface area contributed by atoms with E-state index < -0.39 is 11.9 Å². The fourth-order valence-electron chi connectivity index (χ4n) is 2.77. The monoisotopic (exact) mass is 308 g/mol. The number of aromatic nitrogens is 2. The molecule has 0 bridgehead atoms. The highest BCUT2D eigenvalue weighted by atomic mass is 19.1. The highest BCUT2D eigenvalue weighted by molar-refractivity contribution is 6.03. The Morgan fingerprint density at radius 2 is 2.00 bits per heavy atom. The molecule has 23 heavy (non-hydrogen) atoms. The van der Waals surface area contributed by atoms with Crippen molar-refractivity contribution in [2.24, 2.45) is 0 Å². The van der Waals surface area contributed by atoms with E-state index in [1.165, 1.54) is 29.2 Å². The lowest BCUT2D eigenvalue weighted by molar-refractivity contribution is -0.114. The maximum absolute atomic E-state index is 13.1. The minimum atomic E-state index is -0.723. The van der Waals surface area contributed by atoms with Crippen LogP contribution in [0.15, 0.2) is 54.6 Å². The van der Waals surface area contributed by atoms with Crippen LogP contribution in [0.25, 0.3) is 11.0 Å². The second-order valence-corrected chi connectivity index (χ2v) is 5.24. The SMILES string of the molecule is O=C1[C]=C(O)C(c2ccc(F)cc2)N1c1ccc2[nH]cnc2c1. The Bertz CT molecular complexity index is 930. The standard InChI is InChI=1S/C17H11FN3O2/c18-11-3-1-10(2-4-11)17-15(22)8-16(23)21(17)12-5-6-13-14(7-12)20-9-19-13/h1-7,9,17,22H,(H,19,20). The number of H-pyrrole nitrogens is 1. The van der Waals surface area contributed by atoms with Crippen molar-refractivity contribution in [3.05, 3.63) is 72.0 Å². The van der Waals surface area contributed by atoms with E-state index in [0.717, 1.165) is 5.52 Å². The van der Waals surface area contributed by atoms with Crippen LogP contribution in [-0.4, -0.2) is 21.0 Å². The number of aliphatic hydroxyl groups excluding tert-OH is 1. The van der Waals surface area contributed by atoms with Gasteiger partial charge in [-0.3, -0.25) is 9.69 Å². The van der Waals surface area contributed by atoms with Crippen LogP contribution in [0.1, 0.15) is 11.6 Å². The lowest BCUT2D eigenvalue weighted by Crippen LogP contribution is -2.29. The van der Waals surface area contributed by atoms with E-state index in [4.69, 9.17) is 0 Å². The Hall–Kier alpha value is -3.15. The van der Waals surface area contributed by atoms with Gasteiger partial charge in [0.2, 0.25) is 0 Å². The summed E-state index contributed by atoms with van der Waals surface area (Å²) in [4.78, 5) is 20.8. The molecule has 2 N–H and O–H groups in total. The van der Waals surface area contributed by atoms with E-state index in [9.17, 15) is 14.3 Å². The molecule has 1 amide bonds. The van der Waals surface area contributed by atoms with Gasteiger partial charge in [-0.15, -0.1) is 0 Å². The second kappa shape index (κ2) is 4.95. The van der Waals surface area contributed by atoms with Gasteiger partial charge in [0.25, 0.3) is 5.91 Å². The van der Waals surface area contributed by atoms with Crippen LogP contribution < -0.4 is 4.90 Å². The first-order valence-corrected chi connectivity index (χ1v) is 6.98. The maximum Gasteiger partial charge on any atom is 0.263 e. The molecule has 2 aromatic carbocycles. The van der Waals surface area contributed by atoms with Gasteiger partial charge in [-0.25, -0.2) is 9.37 Å². The Balaban J connectivity index is 1.81. The molecule has 5 nitrogen and oxygen atoms in total. The van der Waals surface area contributed by atoms with Crippen LogP contribution in [0, 0.1) is 11.9 Å². The van der Waals surface area contributed by atoms with Gasteiger partial charge >= 0.3 is 0 Å². The molecule has 3 aromatic rings. The topological polar surface area (TPSA) is 69.2 Å². The van der Waals surface area contributed by atoms with Crippen molar-refractivity contribution in [1.29, 1.82) is 0 Å². The number of fused-ring (bicyclic) bond motifs is 1. The van der Waals surface area contributed by atoms with E-state index in [1.807, 2.05) is 6.07 Å². The van der Waals surface area contributed by atoms with Crippen LogP contribution in [0.3, 0.4) is 0 Å². The molecule has 0 aliphatic carbocycles. The largest absolute Gasteiger partial charge is 0.509 e. The molecule has 4 rings (SSSR count). The summed E-state index contributed by atoms with van der Waals surface area (Å²) in [5.74, 6) is -1.02. The number of rotatable bonds is 2. The average molecular weight is 308 g/mol. The van der Waals surface area contributed by atoms with E-state index in [-0.39, 0.29) is 11.6 Å². The minimum Gasteiger partial charge on any atom is -0.509 e. The van der Waals surface area contributed by atoms with Gasteiger partial charge in [-0.05, 0) is 35.9 Å². The number of carbonyl (C=O) groups is 1. The molecule has 2 heterocycles. The maximum atomic E-state index is 13.1. The quantitative estimate of drug-likeness (QED) is 0.764. The summed E-state index contributed by atoms with van der Waals surface area (Å²) in [5, 5.41) is 10.1. The van der Waals surface area contributed by atoms with Gasteiger partial charge in [0.1, 0.15) is 17.6 Å². The molecule has 1 aliphatic heterocycles. The van der Waals surface area contributed by atoms with Crippen LogP contribution in [0.4, 0.5) is 10.1 Å². The molecule has 0 spiro atoms. The smallest absolute Gasteiger partial charge is 0.263 e. The molecular formula is C17H11FN3O2. The van der Waals surface area contributed by atoms with Crippen LogP contribution in [0.2, 0.25) is 0 Å². The summed E-state index contributed by atoms with van der Waals surface area (Å²) in [6, 6.07) is 10.3. The predicted molar refractivity (Wildman–Crippen MR) is 82.1 cm³/mol. The molecule has 1 unspecified atom stereocenters. The molecule has 0 saturated carbocycles. The van der Waals surface area contributed by atoms with Gasteiger partial charge < -0.3 is 10.1 Å². The molecule has 1 aromatic heterocycles. The fourth-order valence-corrected chi connectivity index (χ4v) is 2.77. The van der Waals surface area contributed by atoms with Crippen LogP contribution >= 0.6 is 0 Å². The lowest BCUT2D eigenvalue weighted by Gasteiger charge is -2.25. The van der Waals surface area contributed by atoms with E-state index in [1.54, 1.807) is 18.5 Å². The first kappa shape index (κ1) is 13.5. The number of carbonyl (C=O) groups excluding carboxylic acids is 1. The zero-order valence-corrected chi connectivity index (χ0v) is 11.8. The number of halogens is 1. The van der Waals surface area contributed by atoms with E-state index in [0.29, 0.717) is 16.8 Å². The van der Waals surface area contributed by atoms with E-state index >= 15 is 0 Å². The predicted octanol–water partition coefficient (Wildman–Crippen LogP) is 3.03. The highest BCUT2D eigenvalue weighted by Crippen LogP contribution is 2.37. The zero-order valence-electron chi connectivity index (χ0n) is 11.8. The zero-order chi connectivity index (χ0) is 16.0.